The molecule has 66 valence electrons. The van der Waals surface area contributed by atoms with E-state index in [-0.39, 0.29) is 0 Å². The zero-order valence-electron chi connectivity index (χ0n) is 8.14. The maximum atomic E-state index is 2.59. The summed E-state index contributed by atoms with van der Waals surface area (Å²) in [6, 6.07) is 0. The number of hydrogen-bond donors (Lipinski definition) is 0. The predicted molar refractivity (Wildman–Crippen MR) is 48.6 cm³/mol. The quantitative estimate of drug-likeness (QED) is 0.513. The first-order valence-electron chi connectivity index (χ1n) is 5.72. The van der Waals surface area contributed by atoms with E-state index < -0.39 is 0 Å². The van der Waals surface area contributed by atoms with Gasteiger partial charge in [-0.05, 0) is 53.8 Å². The Morgan fingerprint density at radius 3 is 2.58 bits per heavy atom. The molecule has 4 aliphatic rings. The Labute approximate surface area is 74.7 Å². The van der Waals surface area contributed by atoms with Gasteiger partial charge in [-0.3, -0.25) is 0 Å². The van der Waals surface area contributed by atoms with Crippen LogP contribution in [0.15, 0.2) is 0 Å². The van der Waals surface area contributed by atoms with Crippen LogP contribution in [0.4, 0.5) is 0 Å². The molecule has 0 nitrogen and oxygen atoms in total. The minimum absolute atomic E-state index is 0.846. The second-order valence-corrected chi connectivity index (χ2v) is 6.16. The first-order chi connectivity index (χ1) is 5.72. The van der Waals surface area contributed by atoms with Crippen molar-refractivity contribution in [1.82, 2.24) is 0 Å². The lowest BCUT2D eigenvalue weighted by Crippen LogP contribution is -2.25. The molecule has 0 radical (unpaired) electrons. The molecule has 0 aromatic heterocycles. The van der Waals surface area contributed by atoms with E-state index in [1.54, 1.807) is 19.3 Å². The largest absolute Gasteiger partial charge is 0.0619 e. The van der Waals surface area contributed by atoms with Crippen molar-refractivity contribution in [3.63, 3.8) is 0 Å². The monoisotopic (exact) mass is 162 g/mol. The van der Waals surface area contributed by atoms with E-state index in [1.165, 1.54) is 24.2 Å². The lowest BCUT2D eigenvalue weighted by Gasteiger charge is -2.32. The summed E-state index contributed by atoms with van der Waals surface area (Å²) in [5.41, 5.74) is 1.77. The van der Waals surface area contributed by atoms with Crippen molar-refractivity contribution >= 4 is 0 Å². The van der Waals surface area contributed by atoms with Crippen LogP contribution in [-0.2, 0) is 0 Å². The normalized spacial score (nSPS) is 76.5. The molecule has 12 heavy (non-hydrogen) atoms. The Hall–Kier alpha value is 0. The molecule has 0 N–H and O–H groups in total. The lowest BCUT2D eigenvalue weighted by molar-refractivity contribution is 0.162. The summed E-state index contributed by atoms with van der Waals surface area (Å²) in [7, 11) is 0. The molecular weight excluding hydrogens is 144 g/mol. The van der Waals surface area contributed by atoms with Gasteiger partial charge in [-0.15, -0.1) is 0 Å². The summed E-state index contributed by atoms with van der Waals surface area (Å²) in [5, 5.41) is 0. The topological polar surface area (TPSA) is 0 Å². The van der Waals surface area contributed by atoms with Crippen molar-refractivity contribution in [2.75, 3.05) is 0 Å². The van der Waals surface area contributed by atoms with E-state index >= 15 is 0 Å². The molecule has 4 aliphatic carbocycles. The minimum Gasteiger partial charge on any atom is -0.0619 e. The zero-order valence-corrected chi connectivity index (χ0v) is 8.14. The maximum Gasteiger partial charge on any atom is -0.0171 e. The Kier molecular flexibility index (Phi) is 0.755. The van der Waals surface area contributed by atoms with Gasteiger partial charge in [0.1, 0.15) is 0 Å². The van der Waals surface area contributed by atoms with Gasteiger partial charge in [0, 0.05) is 0 Å². The summed E-state index contributed by atoms with van der Waals surface area (Å²) < 4.78 is 0. The van der Waals surface area contributed by atoms with Crippen LogP contribution in [0.5, 0.6) is 0 Å². The highest BCUT2D eigenvalue weighted by Crippen LogP contribution is 2.93. The minimum atomic E-state index is 0.846. The van der Waals surface area contributed by atoms with E-state index in [0.717, 1.165) is 16.7 Å². The highest BCUT2D eigenvalue weighted by molar-refractivity contribution is 5.35. The third-order valence-electron chi connectivity index (χ3n) is 6.29. The van der Waals surface area contributed by atoms with Crippen LogP contribution in [-0.4, -0.2) is 0 Å². The molecule has 0 aromatic rings. The molecule has 6 atom stereocenters. The third kappa shape index (κ3) is 0.367. The summed E-state index contributed by atoms with van der Waals surface area (Å²) >= 11 is 0. The second-order valence-electron chi connectivity index (χ2n) is 6.16. The van der Waals surface area contributed by atoms with Crippen LogP contribution in [0.25, 0.3) is 0 Å². The molecule has 0 saturated heterocycles. The molecular formula is C12H18. The first kappa shape index (κ1) is 6.45. The summed E-state index contributed by atoms with van der Waals surface area (Å²) in [6.45, 7) is 5.08. The van der Waals surface area contributed by atoms with Gasteiger partial charge in [-0.25, -0.2) is 0 Å². The predicted octanol–water partition coefficient (Wildman–Crippen LogP) is 3.08. The Morgan fingerprint density at radius 1 is 1.33 bits per heavy atom. The van der Waals surface area contributed by atoms with Crippen LogP contribution in [0.2, 0.25) is 0 Å². The number of fused-ring (bicyclic) bond motifs is 5. The van der Waals surface area contributed by atoms with Crippen molar-refractivity contribution < 1.29 is 0 Å². The molecule has 6 unspecified atom stereocenters. The Bertz CT molecular complexity index is 265. The van der Waals surface area contributed by atoms with E-state index in [9.17, 15) is 0 Å². The zero-order chi connectivity index (χ0) is 8.14. The summed E-state index contributed by atoms with van der Waals surface area (Å²) in [4.78, 5) is 0. The van der Waals surface area contributed by atoms with E-state index in [4.69, 9.17) is 0 Å². The first-order valence-corrected chi connectivity index (χ1v) is 5.72. The standard InChI is InChI=1S/C12H18/c1-7-8-6-12(10(7)8)9-4-3-5-11(9,12)2/h7-10H,3-6H2,1-2H3. The second kappa shape index (κ2) is 1.40. The smallest absolute Gasteiger partial charge is 0.0171 e. The van der Waals surface area contributed by atoms with Crippen molar-refractivity contribution in [3.05, 3.63) is 0 Å². The molecule has 0 aliphatic heterocycles. The van der Waals surface area contributed by atoms with Crippen LogP contribution in [0.3, 0.4) is 0 Å². The van der Waals surface area contributed by atoms with Gasteiger partial charge in [0.15, 0.2) is 0 Å². The fourth-order valence-corrected chi connectivity index (χ4v) is 5.62. The van der Waals surface area contributed by atoms with Crippen molar-refractivity contribution in [1.29, 1.82) is 0 Å². The van der Waals surface area contributed by atoms with Crippen molar-refractivity contribution in [2.24, 2.45) is 34.5 Å². The molecule has 0 aromatic carbocycles. The molecule has 4 saturated carbocycles. The Morgan fingerprint density at radius 2 is 2.17 bits per heavy atom. The van der Waals surface area contributed by atoms with Crippen molar-refractivity contribution in [3.8, 4) is 0 Å². The van der Waals surface area contributed by atoms with E-state index in [0.29, 0.717) is 0 Å². The fourth-order valence-electron chi connectivity index (χ4n) is 5.62. The summed E-state index contributed by atoms with van der Waals surface area (Å²) in [5.74, 6) is 4.68. The Balaban J connectivity index is 1.73. The van der Waals surface area contributed by atoms with Gasteiger partial charge >= 0.3 is 0 Å². The van der Waals surface area contributed by atoms with Gasteiger partial charge in [0.25, 0.3) is 0 Å². The van der Waals surface area contributed by atoms with Crippen LogP contribution >= 0.6 is 0 Å². The highest BCUT2D eigenvalue weighted by Gasteiger charge is 2.88. The van der Waals surface area contributed by atoms with Gasteiger partial charge in [-0.1, -0.05) is 20.3 Å². The number of rotatable bonds is 0. The molecule has 4 rings (SSSR count). The average molecular weight is 162 g/mol. The molecule has 0 bridgehead atoms. The van der Waals surface area contributed by atoms with E-state index in [1.807, 2.05) is 0 Å². The molecule has 0 heteroatoms. The van der Waals surface area contributed by atoms with Crippen LogP contribution in [0.1, 0.15) is 39.5 Å². The average Bonchev–Trinajstić information content (AvgIpc) is 2.59. The van der Waals surface area contributed by atoms with E-state index in [2.05, 4.69) is 13.8 Å². The van der Waals surface area contributed by atoms with Crippen LogP contribution in [0, 0.1) is 34.5 Å². The van der Waals surface area contributed by atoms with Gasteiger partial charge < -0.3 is 0 Å². The SMILES string of the molecule is CC1C2CC3(C12)C1CCCC13C. The van der Waals surface area contributed by atoms with Gasteiger partial charge in [-0.2, -0.15) is 0 Å². The molecule has 0 amide bonds. The molecule has 0 heterocycles. The maximum absolute atomic E-state index is 2.59. The van der Waals surface area contributed by atoms with Crippen LogP contribution < -0.4 is 0 Å². The number of hydrogen-bond acceptors (Lipinski definition) is 0. The highest BCUT2D eigenvalue weighted by atomic mass is 14.9. The fraction of sp³-hybridized carbons (Fsp3) is 1.00. The lowest BCUT2D eigenvalue weighted by atomic mass is 9.72. The molecule has 1 spiro atoms. The van der Waals surface area contributed by atoms with Gasteiger partial charge in [0.2, 0.25) is 0 Å². The van der Waals surface area contributed by atoms with Gasteiger partial charge in [0.05, 0.1) is 0 Å². The van der Waals surface area contributed by atoms with Crippen molar-refractivity contribution in [2.45, 2.75) is 39.5 Å². The third-order valence-corrected chi connectivity index (χ3v) is 6.29. The molecule has 4 fully saturated rings. The summed E-state index contributed by atoms with van der Waals surface area (Å²) in [6.07, 6.45) is 6.30.